The molecule has 0 aliphatic heterocycles. The zero-order valence-electron chi connectivity index (χ0n) is 11.4. The van der Waals surface area contributed by atoms with Crippen molar-refractivity contribution in [2.24, 2.45) is 5.92 Å². The molecule has 0 saturated heterocycles. The minimum Gasteiger partial charge on any atom is -0.315 e. The predicted molar refractivity (Wildman–Crippen MR) is 76.6 cm³/mol. The highest BCUT2D eigenvalue weighted by Crippen LogP contribution is 2.30. The van der Waals surface area contributed by atoms with Crippen LogP contribution in [-0.2, 0) is 13.0 Å². The molecule has 0 spiro atoms. The van der Waals surface area contributed by atoms with Crippen molar-refractivity contribution in [1.82, 2.24) is 15.3 Å². The van der Waals surface area contributed by atoms with Crippen molar-refractivity contribution >= 4 is 11.3 Å². The van der Waals surface area contributed by atoms with Crippen molar-refractivity contribution in [3.05, 3.63) is 34.8 Å². The van der Waals surface area contributed by atoms with E-state index in [9.17, 15) is 4.39 Å². The molecule has 0 bridgehead atoms. The summed E-state index contributed by atoms with van der Waals surface area (Å²) in [6.45, 7) is 5.09. The summed E-state index contributed by atoms with van der Waals surface area (Å²) in [7, 11) is 1.91. The number of rotatable bonds is 5. The lowest BCUT2D eigenvalue weighted by Crippen LogP contribution is -2.07. The quantitative estimate of drug-likeness (QED) is 0.913. The fraction of sp³-hybridized carbons (Fsp3) is 0.429. The molecule has 3 nitrogen and oxygen atoms in total. The van der Waals surface area contributed by atoms with Crippen LogP contribution in [0.15, 0.2) is 18.5 Å². The molecule has 0 unspecified atom stereocenters. The molecule has 2 aromatic heterocycles. The first kappa shape index (κ1) is 14.1. The largest absolute Gasteiger partial charge is 0.315 e. The number of hydrogen-bond donors (Lipinski definition) is 1. The summed E-state index contributed by atoms with van der Waals surface area (Å²) in [5.41, 5.74) is 1.60. The topological polar surface area (TPSA) is 37.8 Å². The van der Waals surface area contributed by atoms with E-state index in [4.69, 9.17) is 0 Å². The van der Waals surface area contributed by atoms with Gasteiger partial charge in [0, 0.05) is 23.2 Å². The van der Waals surface area contributed by atoms with Crippen LogP contribution in [0.25, 0.3) is 10.6 Å². The third-order valence-corrected chi connectivity index (χ3v) is 3.85. The summed E-state index contributed by atoms with van der Waals surface area (Å²) in [4.78, 5) is 9.57. The Balaban J connectivity index is 2.39. The summed E-state index contributed by atoms with van der Waals surface area (Å²) in [5.74, 6) is 0.219. The SMILES string of the molecule is CNCc1sc(-c2ccncc2F)nc1CC(C)C. The number of halogens is 1. The van der Waals surface area contributed by atoms with Crippen molar-refractivity contribution in [3.63, 3.8) is 0 Å². The van der Waals surface area contributed by atoms with Crippen molar-refractivity contribution in [3.8, 4) is 10.6 Å². The lowest BCUT2D eigenvalue weighted by Gasteiger charge is -2.03. The first-order valence-electron chi connectivity index (χ1n) is 6.35. The Morgan fingerprint density at radius 1 is 1.42 bits per heavy atom. The number of thiazole rings is 1. The number of aromatic nitrogens is 2. The van der Waals surface area contributed by atoms with E-state index >= 15 is 0 Å². The summed E-state index contributed by atoms with van der Waals surface area (Å²) < 4.78 is 13.8. The first-order valence-corrected chi connectivity index (χ1v) is 7.16. The fourth-order valence-corrected chi connectivity index (χ4v) is 3.02. The average Bonchev–Trinajstić information content (AvgIpc) is 2.72. The van der Waals surface area contributed by atoms with Crippen LogP contribution in [-0.4, -0.2) is 17.0 Å². The number of pyridine rings is 1. The normalized spacial score (nSPS) is 11.2. The lowest BCUT2D eigenvalue weighted by atomic mass is 10.1. The van der Waals surface area contributed by atoms with Crippen LogP contribution >= 0.6 is 11.3 Å². The smallest absolute Gasteiger partial charge is 0.151 e. The van der Waals surface area contributed by atoms with E-state index in [1.807, 2.05) is 7.05 Å². The molecule has 0 radical (unpaired) electrons. The Morgan fingerprint density at radius 2 is 2.21 bits per heavy atom. The van der Waals surface area contributed by atoms with Gasteiger partial charge in [-0.05, 0) is 25.5 Å². The van der Waals surface area contributed by atoms with Gasteiger partial charge in [0.15, 0.2) is 5.82 Å². The van der Waals surface area contributed by atoms with Crippen molar-refractivity contribution in [2.75, 3.05) is 7.05 Å². The Bertz CT molecular complexity index is 551. The lowest BCUT2D eigenvalue weighted by molar-refractivity contribution is 0.623. The third-order valence-electron chi connectivity index (χ3n) is 2.72. The van der Waals surface area contributed by atoms with Crippen LogP contribution in [0.1, 0.15) is 24.4 Å². The Kier molecular flexibility index (Phi) is 4.61. The van der Waals surface area contributed by atoms with E-state index in [0.717, 1.165) is 23.7 Å². The fourth-order valence-electron chi connectivity index (χ4n) is 1.89. The number of nitrogens with one attached hydrogen (secondary N) is 1. The monoisotopic (exact) mass is 279 g/mol. The van der Waals surface area contributed by atoms with Crippen LogP contribution in [0.3, 0.4) is 0 Å². The zero-order chi connectivity index (χ0) is 13.8. The maximum atomic E-state index is 13.8. The van der Waals surface area contributed by atoms with E-state index in [1.54, 1.807) is 23.6 Å². The minimum absolute atomic E-state index is 0.316. The Labute approximate surface area is 116 Å². The molecule has 0 fully saturated rings. The molecule has 0 aliphatic rings. The minimum atomic E-state index is -0.316. The Morgan fingerprint density at radius 3 is 2.84 bits per heavy atom. The van der Waals surface area contributed by atoms with Gasteiger partial charge in [-0.1, -0.05) is 13.8 Å². The van der Waals surface area contributed by atoms with Gasteiger partial charge in [0.25, 0.3) is 0 Å². The van der Waals surface area contributed by atoms with Gasteiger partial charge >= 0.3 is 0 Å². The van der Waals surface area contributed by atoms with Crippen LogP contribution in [0.2, 0.25) is 0 Å². The highest BCUT2D eigenvalue weighted by molar-refractivity contribution is 7.15. The van der Waals surface area contributed by atoms with Crippen LogP contribution in [0, 0.1) is 11.7 Å². The second kappa shape index (κ2) is 6.21. The highest BCUT2D eigenvalue weighted by Gasteiger charge is 2.15. The van der Waals surface area contributed by atoms with Gasteiger partial charge in [-0.25, -0.2) is 9.37 Å². The number of nitrogens with zero attached hydrogens (tertiary/aromatic N) is 2. The maximum absolute atomic E-state index is 13.8. The van der Waals surface area contributed by atoms with E-state index in [0.29, 0.717) is 11.5 Å². The molecule has 2 rings (SSSR count). The molecule has 0 aromatic carbocycles. The summed E-state index contributed by atoms with van der Waals surface area (Å²) in [6, 6.07) is 1.68. The number of hydrogen-bond acceptors (Lipinski definition) is 4. The summed E-state index contributed by atoms with van der Waals surface area (Å²) >= 11 is 1.55. The predicted octanol–water partition coefficient (Wildman–Crippen LogP) is 3.26. The molecule has 0 saturated carbocycles. The van der Waals surface area contributed by atoms with Gasteiger partial charge in [0.2, 0.25) is 0 Å². The standard InChI is InChI=1S/C14H18FN3S/c1-9(2)6-12-13(8-16-3)19-14(18-12)10-4-5-17-7-11(10)15/h4-5,7,9,16H,6,8H2,1-3H3. The van der Waals surface area contributed by atoms with Crippen molar-refractivity contribution in [2.45, 2.75) is 26.8 Å². The highest BCUT2D eigenvalue weighted by atomic mass is 32.1. The second-order valence-corrected chi connectivity index (χ2v) is 5.96. The molecule has 102 valence electrons. The molecule has 0 amide bonds. The second-order valence-electron chi connectivity index (χ2n) is 4.87. The van der Waals surface area contributed by atoms with Crippen LogP contribution in [0.4, 0.5) is 4.39 Å². The van der Waals surface area contributed by atoms with E-state index in [-0.39, 0.29) is 5.82 Å². The van der Waals surface area contributed by atoms with Crippen molar-refractivity contribution < 1.29 is 4.39 Å². The van der Waals surface area contributed by atoms with E-state index < -0.39 is 0 Å². The van der Waals surface area contributed by atoms with Crippen LogP contribution < -0.4 is 5.32 Å². The molecule has 0 atom stereocenters. The zero-order valence-corrected chi connectivity index (χ0v) is 12.2. The molecule has 2 heterocycles. The molecular weight excluding hydrogens is 261 g/mol. The van der Waals surface area contributed by atoms with Gasteiger partial charge in [0.05, 0.1) is 11.9 Å². The third kappa shape index (κ3) is 3.36. The average molecular weight is 279 g/mol. The van der Waals surface area contributed by atoms with Gasteiger partial charge in [0.1, 0.15) is 5.01 Å². The van der Waals surface area contributed by atoms with Gasteiger partial charge in [-0.15, -0.1) is 11.3 Å². The van der Waals surface area contributed by atoms with Gasteiger partial charge in [-0.2, -0.15) is 0 Å². The van der Waals surface area contributed by atoms with E-state index in [2.05, 4.69) is 29.1 Å². The van der Waals surface area contributed by atoms with Gasteiger partial charge < -0.3 is 5.32 Å². The van der Waals surface area contributed by atoms with Crippen LogP contribution in [0.5, 0.6) is 0 Å². The first-order chi connectivity index (χ1) is 9.11. The van der Waals surface area contributed by atoms with E-state index in [1.165, 1.54) is 11.1 Å². The summed E-state index contributed by atoms with van der Waals surface area (Å²) in [5, 5.41) is 3.88. The maximum Gasteiger partial charge on any atom is 0.151 e. The molecule has 19 heavy (non-hydrogen) atoms. The molecule has 5 heteroatoms. The van der Waals surface area contributed by atoms with Gasteiger partial charge in [-0.3, -0.25) is 4.98 Å². The summed E-state index contributed by atoms with van der Waals surface area (Å²) in [6.07, 6.45) is 3.75. The molecule has 1 N–H and O–H groups in total. The molecular formula is C14H18FN3S. The van der Waals surface area contributed by atoms with Crippen molar-refractivity contribution in [1.29, 1.82) is 0 Å². The Hall–Kier alpha value is -1.33. The molecule has 2 aromatic rings. The molecule has 0 aliphatic carbocycles.